The zero-order chi connectivity index (χ0) is 21.3. The van der Waals surface area contributed by atoms with Gasteiger partial charge in [-0.1, -0.05) is 42.1 Å². The molecule has 0 saturated carbocycles. The van der Waals surface area contributed by atoms with Gasteiger partial charge in [0.05, 0.1) is 5.69 Å². The number of anilines is 2. The number of hydrogen-bond donors (Lipinski definition) is 3. The molecular formula is C23H18N4O2S. The van der Waals surface area contributed by atoms with Gasteiger partial charge in [-0.15, -0.1) is 0 Å². The summed E-state index contributed by atoms with van der Waals surface area (Å²) in [6.07, 6.45) is 1.10. The first-order valence-corrected chi connectivity index (χ1v) is 9.78. The number of rotatable bonds is 6. The van der Waals surface area contributed by atoms with Crippen molar-refractivity contribution < 1.29 is 9.59 Å². The Balaban J connectivity index is 1.71. The Kier molecular flexibility index (Phi) is 6.87. The van der Waals surface area contributed by atoms with Crippen molar-refractivity contribution in [2.45, 2.75) is 9.79 Å². The molecule has 3 rings (SSSR count). The van der Waals surface area contributed by atoms with Crippen molar-refractivity contribution in [2.24, 2.45) is 0 Å². The first-order valence-electron chi connectivity index (χ1n) is 8.97. The summed E-state index contributed by atoms with van der Waals surface area (Å²) >= 11 is 1.50. The van der Waals surface area contributed by atoms with Crippen molar-refractivity contribution in [3.05, 3.63) is 96.2 Å². The Morgan fingerprint density at radius 2 is 1.60 bits per heavy atom. The molecular weight excluding hydrogens is 396 g/mol. The second-order valence-corrected chi connectivity index (χ2v) is 7.25. The van der Waals surface area contributed by atoms with E-state index >= 15 is 0 Å². The molecule has 0 spiro atoms. The van der Waals surface area contributed by atoms with E-state index in [4.69, 9.17) is 5.73 Å². The molecule has 0 aliphatic carbocycles. The van der Waals surface area contributed by atoms with Gasteiger partial charge in [-0.2, -0.15) is 5.26 Å². The van der Waals surface area contributed by atoms with Crippen LogP contribution in [0, 0.1) is 11.3 Å². The fraction of sp³-hybridized carbons (Fsp3) is 0. The van der Waals surface area contributed by atoms with Crippen LogP contribution in [0.25, 0.3) is 0 Å². The van der Waals surface area contributed by atoms with Gasteiger partial charge >= 0.3 is 0 Å². The predicted molar refractivity (Wildman–Crippen MR) is 118 cm³/mol. The number of hydrogen-bond acceptors (Lipinski definition) is 5. The molecule has 4 N–H and O–H groups in total. The maximum absolute atomic E-state index is 12.6. The average Bonchev–Trinajstić information content (AvgIpc) is 2.76. The Morgan fingerprint density at radius 3 is 2.30 bits per heavy atom. The second-order valence-electron chi connectivity index (χ2n) is 6.13. The number of nitrogens with zero attached hydrogens (tertiary/aromatic N) is 1. The van der Waals surface area contributed by atoms with Gasteiger partial charge < -0.3 is 16.4 Å². The van der Waals surface area contributed by atoms with Crippen molar-refractivity contribution >= 4 is 35.0 Å². The summed E-state index contributed by atoms with van der Waals surface area (Å²) in [4.78, 5) is 26.6. The highest BCUT2D eigenvalue weighted by Crippen LogP contribution is 2.33. The smallest absolute Gasteiger partial charge is 0.267 e. The third-order valence-electron chi connectivity index (χ3n) is 3.99. The normalized spacial score (nSPS) is 10.7. The number of benzene rings is 3. The van der Waals surface area contributed by atoms with Gasteiger partial charge in [-0.3, -0.25) is 9.59 Å². The topological polar surface area (TPSA) is 108 Å². The molecule has 0 atom stereocenters. The fourth-order valence-electron chi connectivity index (χ4n) is 2.47. The van der Waals surface area contributed by atoms with Gasteiger partial charge in [0.15, 0.2) is 0 Å². The summed E-state index contributed by atoms with van der Waals surface area (Å²) in [6.45, 7) is 0. The molecule has 148 valence electrons. The number of para-hydroxylation sites is 1. The van der Waals surface area contributed by atoms with E-state index in [9.17, 15) is 14.9 Å². The minimum absolute atomic E-state index is 0.224. The van der Waals surface area contributed by atoms with Crippen LogP contribution in [0.2, 0.25) is 0 Å². The summed E-state index contributed by atoms with van der Waals surface area (Å²) < 4.78 is 0. The van der Waals surface area contributed by atoms with Crippen molar-refractivity contribution in [3.8, 4) is 6.07 Å². The molecule has 0 fully saturated rings. The van der Waals surface area contributed by atoms with E-state index in [0.29, 0.717) is 16.9 Å². The number of nitrogens with one attached hydrogen (secondary N) is 2. The van der Waals surface area contributed by atoms with Gasteiger partial charge in [0.1, 0.15) is 11.6 Å². The van der Waals surface area contributed by atoms with E-state index in [1.165, 1.54) is 11.8 Å². The first kappa shape index (κ1) is 20.7. The monoisotopic (exact) mass is 414 g/mol. The Morgan fingerprint density at radius 1 is 0.933 bits per heavy atom. The first-order chi connectivity index (χ1) is 14.6. The maximum Gasteiger partial charge on any atom is 0.267 e. The summed E-state index contributed by atoms with van der Waals surface area (Å²) in [7, 11) is 0. The van der Waals surface area contributed by atoms with Crippen molar-refractivity contribution in [1.29, 1.82) is 5.26 Å². The van der Waals surface area contributed by atoms with E-state index < -0.39 is 11.8 Å². The summed E-state index contributed by atoms with van der Waals surface area (Å²) in [5.41, 5.74) is 6.85. The van der Waals surface area contributed by atoms with Crippen LogP contribution in [0.5, 0.6) is 0 Å². The molecule has 0 heterocycles. The highest BCUT2D eigenvalue weighted by molar-refractivity contribution is 7.99. The number of nitriles is 1. The molecule has 6 nitrogen and oxygen atoms in total. The number of amides is 2. The van der Waals surface area contributed by atoms with Crippen molar-refractivity contribution in [1.82, 2.24) is 5.32 Å². The average molecular weight is 414 g/mol. The van der Waals surface area contributed by atoms with Crippen molar-refractivity contribution in [3.63, 3.8) is 0 Å². The van der Waals surface area contributed by atoms with Crippen LogP contribution in [0.3, 0.4) is 0 Å². The van der Waals surface area contributed by atoms with Crippen LogP contribution >= 0.6 is 11.8 Å². The van der Waals surface area contributed by atoms with E-state index in [-0.39, 0.29) is 5.57 Å². The molecule has 0 aromatic heterocycles. The third-order valence-corrected chi connectivity index (χ3v) is 5.08. The van der Waals surface area contributed by atoms with E-state index in [1.54, 1.807) is 36.4 Å². The van der Waals surface area contributed by atoms with Crippen LogP contribution in [-0.4, -0.2) is 11.8 Å². The van der Waals surface area contributed by atoms with Crippen LogP contribution < -0.4 is 16.4 Å². The van der Waals surface area contributed by atoms with Gasteiger partial charge in [0, 0.05) is 27.2 Å². The lowest BCUT2D eigenvalue weighted by molar-refractivity contribution is -0.112. The lowest BCUT2D eigenvalue weighted by Gasteiger charge is -2.10. The van der Waals surface area contributed by atoms with E-state index in [0.717, 1.165) is 16.0 Å². The molecule has 0 unspecified atom stereocenters. The number of carbonyl (C=O) groups is 2. The Bertz CT molecular complexity index is 1120. The van der Waals surface area contributed by atoms with Gasteiger partial charge in [0.25, 0.3) is 11.8 Å². The molecule has 3 aromatic carbocycles. The van der Waals surface area contributed by atoms with Crippen LogP contribution in [-0.2, 0) is 4.79 Å². The SMILES string of the molecule is N#C/C(=C/NC(=O)c1ccc(N)cc1)C(=O)Nc1ccccc1Sc1ccccc1. The number of nitrogen functional groups attached to an aromatic ring is 1. The van der Waals surface area contributed by atoms with Gasteiger partial charge in [-0.05, 0) is 48.5 Å². The zero-order valence-corrected chi connectivity index (χ0v) is 16.6. The lowest BCUT2D eigenvalue weighted by Crippen LogP contribution is -2.21. The highest BCUT2D eigenvalue weighted by Gasteiger charge is 2.13. The molecule has 3 aromatic rings. The quantitative estimate of drug-likeness (QED) is 0.318. The summed E-state index contributed by atoms with van der Waals surface area (Å²) in [6, 6.07) is 25.2. The standard InChI is InChI=1S/C23H18N4O2S/c24-14-17(15-26-22(28)16-10-12-18(25)13-11-16)23(29)27-20-8-4-5-9-21(20)30-19-6-2-1-3-7-19/h1-13,15H,25H2,(H,26,28)(H,27,29)/b17-15-. The zero-order valence-electron chi connectivity index (χ0n) is 15.8. The van der Waals surface area contributed by atoms with Crippen LogP contribution in [0.4, 0.5) is 11.4 Å². The highest BCUT2D eigenvalue weighted by atomic mass is 32.2. The molecule has 30 heavy (non-hydrogen) atoms. The molecule has 0 saturated heterocycles. The molecule has 7 heteroatoms. The third kappa shape index (κ3) is 5.50. The number of nitrogens with two attached hydrogens (primary N) is 1. The van der Waals surface area contributed by atoms with E-state index in [1.807, 2.05) is 48.5 Å². The second kappa shape index (κ2) is 9.96. The summed E-state index contributed by atoms with van der Waals surface area (Å²) in [5.74, 6) is -1.06. The van der Waals surface area contributed by atoms with Gasteiger partial charge in [-0.25, -0.2) is 0 Å². The largest absolute Gasteiger partial charge is 0.399 e. The van der Waals surface area contributed by atoms with Gasteiger partial charge in [0.2, 0.25) is 0 Å². The van der Waals surface area contributed by atoms with E-state index in [2.05, 4.69) is 10.6 Å². The minimum Gasteiger partial charge on any atom is -0.399 e. The molecule has 0 aliphatic heterocycles. The maximum atomic E-state index is 12.6. The summed E-state index contributed by atoms with van der Waals surface area (Å²) in [5, 5.41) is 14.5. The predicted octanol–water partition coefficient (Wildman–Crippen LogP) is 4.20. The Hall–Kier alpha value is -4.02. The minimum atomic E-state index is -0.615. The lowest BCUT2D eigenvalue weighted by atomic mass is 10.2. The number of carbonyl (C=O) groups excluding carboxylic acids is 2. The molecule has 0 radical (unpaired) electrons. The van der Waals surface area contributed by atoms with Crippen molar-refractivity contribution in [2.75, 3.05) is 11.1 Å². The fourth-order valence-corrected chi connectivity index (χ4v) is 3.39. The molecule has 2 amide bonds. The van der Waals surface area contributed by atoms with Crippen LogP contribution in [0.1, 0.15) is 10.4 Å². The molecule has 0 bridgehead atoms. The van der Waals surface area contributed by atoms with Crippen LogP contribution in [0.15, 0.2) is 100 Å². The Labute approximate surface area is 178 Å². The molecule has 0 aliphatic rings.